The number of rotatable bonds is 4. The molecule has 5 nitrogen and oxygen atoms in total. The van der Waals surface area contributed by atoms with Crippen LogP contribution < -0.4 is 11.1 Å². The summed E-state index contributed by atoms with van der Waals surface area (Å²) in [6.07, 6.45) is 3.20. The molecule has 0 unspecified atom stereocenters. The zero-order valence-electron chi connectivity index (χ0n) is 10.1. The summed E-state index contributed by atoms with van der Waals surface area (Å²) in [4.78, 5) is 19.5. The Morgan fingerprint density at radius 2 is 2.11 bits per heavy atom. The quantitative estimate of drug-likeness (QED) is 0.832. The van der Waals surface area contributed by atoms with Crippen LogP contribution >= 0.6 is 11.6 Å². The molecule has 1 atom stereocenters. The van der Waals surface area contributed by atoms with Crippen LogP contribution in [0.15, 0.2) is 42.9 Å². The predicted molar refractivity (Wildman–Crippen MR) is 73.8 cm³/mol. The van der Waals surface area contributed by atoms with Crippen molar-refractivity contribution in [3.63, 3.8) is 0 Å². The van der Waals surface area contributed by atoms with Crippen molar-refractivity contribution in [1.82, 2.24) is 9.97 Å². The van der Waals surface area contributed by atoms with E-state index in [4.69, 9.17) is 17.3 Å². The van der Waals surface area contributed by atoms with Crippen molar-refractivity contribution in [2.45, 2.75) is 12.5 Å². The van der Waals surface area contributed by atoms with Crippen LogP contribution in [-0.2, 0) is 11.2 Å². The Labute approximate surface area is 115 Å². The van der Waals surface area contributed by atoms with E-state index in [0.29, 0.717) is 12.1 Å². The normalized spacial score (nSPS) is 11.9. The molecule has 0 aliphatic carbocycles. The lowest BCUT2D eigenvalue weighted by Gasteiger charge is -2.12. The predicted octanol–water partition coefficient (Wildman–Crippen LogP) is 1.64. The lowest BCUT2D eigenvalue weighted by Crippen LogP contribution is -2.37. The standard InChI is InChI=1S/C13H13ClN4O/c14-12-11(7-16-8-17-12)18-13(19)10(15)6-9-4-2-1-3-5-9/h1-5,7-8,10H,6,15H2,(H,18,19)/t10-/m1/s1. The van der Waals surface area contributed by atoms with E-state index < -0.39 is 6.04 Å². The van der Waals surface area contributed by atoms with E-state index in [9.17, 15) is 4.79 Å². The van der Waals surface area contributed by atoms with Crippen LogP contribution in [0.3, 0.4) is 0 Å². The van der Waals surface area contributed by atoms with Gasteiger partial charge in [-0.2, -0.15) is 0 Å². The van der Waals surface area contributed by atoms with Crippen molar-refractivity contribution in [2.24, 2.45) is 5.73 Å². The number of carbonyl (C=O) groups excluding carboxylic acids is 1. The summed E-state index contributed by atoms with van der Waals surface area (Å²) in [5.41, 5.74) is 7.21. The number of amides is 1. The van der Waals surface area contributed by atoms with E-state index in [-0.39, 0.29) is 11.1 Å². The third-order valence-corrected chi connectivity index (χ3v) is 2.86. The zero-order valence-corrected chi connectivity index (χ0v) is 10.8. The van der Waals surface area contributed by atoms with Crippen LogP contribution in [0.2, 0.25) is 5.15 Å². The first-order valence-electron chi connectivity index (χ1n) is 5.72. The van der Waals surface area contributed by atoms with Gasteiger partial charge in [-0.15, -0.1) is 0 Å². The molecule has 3 N–H and O–H groups in total. The van der Waals surface area contributed by atoms with Gasteiger partial charge in [-0.3, -0.25) is 4.79 Å². The van der Waals surface area contributed by atoms with Gasteiger partial charge in [0.1, 0.15) is 6.33 Å². The summed E-state index contributed by atoms with van der Waals surface area (Å²) in [6.45, 7) is 0. The number of nitrogens with one attached hydrogen (secondary N) is 1. The molecule has 19 heavy (non-hydrogen) atoms. The Kier molecular flexibility index (Phi) is 4.43. The lowest BCUT2D eigenvalue weighted by molar-refractivity contribution is -0.117. The molecular weight excluding hydrogens is 264 g/mol. The third-order valence-electron chi connectivity index (χ3n) is 2.56. The Balaban J connectivity index is 1.99. The van der Waals surface area contributed by atoms with Gasteiger partial charge in [0.05, 0.1) is 17.9 Å². The van der Waals surface area contributed by atoms with Gasteiger partial charge in [-0.05, 0) is 12.0 Å². The Morgan fingerprint density at radius 1 is 1.37 bits per heavy atom. The number of benzene rings is 1. The molecule has 0 fully saturated rings. The first-order chi connectivity index (χ1) is 9.16. The highest BCUT2D eigenvalue weighted by atomic mass is 35.5. The molecule has 0 saturated carbocycles. The van der Waals surface area contributed by atoms with Gasteiger partial charge >= 0.3 is 0 Å². The van der Waals surface area contributed by atoms with Gasteiger partial charge in [0, 0.05) is 0 Å². The van der Waals surface area contributed by atoms with Crippen molar-refractivity contribution >= 4 is 23.2 Å². The molecule has 0 saturated heterocycles. The highest BCUT2D eigenvalue weighted by molar-refractivity contribution is 6.32. The smallest absolute Gasteiger partial charge is 0.241 e. The van der Waals surface area contributed by atoms with Crippen molar-refractivity contribution in [1.29, 1.82) is 0 Å². The van der Waals surface area contributed by atoms with Gasteiger partial charge in [0.25, 0.3) is 0 Å². The average Bonchev–Trinajstić information content (AvgIpc) is 2.42. The second-order valence-corrected chi connectivity index (χ2v) is 4.37. The van der Waals surface area contributed by atoms with Crippen LogP contribution in [0.25, 0.3) is 0 Å². The van der Waals surface area contributed by atoms with Crippen molar-refractivity contribution in [3.05, 3.63) is 53.6 Å². The molecule has 1 aromatic heterocycles. The molecular formula is C13H13ClN4O. The Hall–Kier alpha value is -1.98. The fourth-order valence-corrected chi connectivity index (χ4v) is 1.72. The van der Waals surface area contributed by atoms with E-state index in [1.807, 2.05) is 30.3 Å². The van der Waals surface area contributed by atoms with Gasteiger partial charge in [0.2, 0.25) is 5.91 Å². The second-order valence-electron chi connectivity index (χ2n) is 4.01. The van der Waals surface area contributed by atoms with E-state index in [1.165, 1.54) is 12.5 Å². The maximum absolute atomic E-state index is 11.9. The number of nitrogens with two attached hydrogens (primary N) is 1. The highest BCUT2D eigenvalue weighted by Crippen LogP contribution is 2.16. The first-order valence-corrected chi connectivity index (χ1v) is 6.10. The van der Waals surface area contributed by atoms with Crippen LogP contribution in [0.4, 0.5) is 5.69 Å². The second kappa shape index (κ2) is 6.26. The summed E-state index contributed by atoms with van der Waals surface area (Å²) >= 11 is 5.83. The van der Waals surface area contributed by atoms with E-state index in [2.05, 4.69) is 15.3 Å². The first kappa shape index (κ1) is 13.5. The fraction of sp³-hybridized carbons (Fsp3) is 0.154. The number of hydrogen-bond donors (Lipinski definition) is 2. The molecule has 0 aliphatic rings. The lowest BCUT2D eigenvalue weighted by atomic mass is 10.1. The SMILES string of the molecule is N[C@H](Cc1ccccc1)C(=O)Nc1cncnc1Cl. The van der Waals surface area contributed by atoms with Crippen LogP contribution in [-0.4, -0.2) is 21.9 Å². The van der Waals surface area contributed by atoms with E-state index in [1.54, 1.807) is 0 Å². The molecule has 0 radical (unpaired) electrons. The van der Waals surface area contributed by atoms with Crippen molar-refractivity contribution in [2.75, 3.05) is 5.32 Å². The molecule has 6 heteroatoms. The van der Waals surface area contributed by atoms with Crippen molar-refractivity contribution < 1.29 is 4.79 Å². The number of anilines is 1. The average molecular weight is 277 g/mol. The maximum Gasteiger partial charge on any atom is 0.241 e. The maximum atomic E-state index is 11.9. The van der Waals surface area contributed by atoms with E-state index >= 15 is 0 Å². The van der Waals surface area contributed by atoms with Crippen LogP contribution in [0.1, 0.15) is 5.56 Å². The molecule has 0 bridgehead atoms. The molecule has 2 rings (SSSR count). The topological polar surface area (TPSA) is 80.9 Å². The Bertz CT molecular complexity index is 562. The largest absolute Gasteiger partial charge is 0.321 e. The summed E-state index contributed by atoms with van der Waals surface area (Å²) in [7, 11) is 0. The van der Waals surface area contributed by atoms with Gasteiger partial charge in [-0.1, -0.05) is 41.9 Å². The number of halogens is 1. The number of carbonyl (C=O) groups is 1. The van der Waals surface area contributed by atoms with E-state index in [0.717, 1.165) is 5.56 Å². The third kappa shape index (κ3) is 3.74. The summed E-state index contributed by atoms with van der Waals surface area (Å²) in [6, 6.07) is 8.91. The highest BCUT2D eigenvalue weighted by Gasteiger charge is 2.15. The van der Waals surface area contributed by atoms with Crippen LogP contribution in [0, 0.1) is 0 Å². The molecule has 1 amide bonds. The Morgan fingerprint density at radius 3 is 2.79 bits per heavy atom. The number of hydrogen-bond acceptors (Lipinski definition) is 4. The summed E-state index contributed by atoms with van der Waals surface area (Å²) in [5.74, 6) is -0.319. The summed E-state index contributed by atoms with van der Waals surface area (Å²) < 4.78 is 0. The van der Waals surface area contributed by atoms with Crippen LogP contribution in [0.5, 0.6) is 0 Å². The molecule has 1 aromatic carbocycles. The monoisotopic (exact) mass is 276 g/mol. The zero-order chi connectivity index (χ0) is 13.7. The number of nitrogens with zero attached hydrogens (tertiary/aromatic N) is 2. The van der Waals surface area contributed by atoms with Gasteiger partial charge in [-0.25, -0.2) is 9.97 Å². The molecule has 2 aromatic rings. The van der Waals surface area contributed by atoms with Gasteiger partial charge in [0.15, 0.2) is 5.15 Å². The van der Waals surface area contributed by atoms with Crippen molar-refractivity contribution in [3.8, 4) is 0 Å². The minimum Gasteiger partial charge on any atom is -0.321 e. The molecule has 0 spiro atoms. The minimum atomic E-state index is -0.654. The molecule has 1 heterocycles. The minimum absolute atomic E-state index is 0.190. The molecule has 0 aliphatic heterocycles. The molecule has 98 valence electrons. The summed E-state index contributed by atoms with van der Waals surface area (Å²) in [5, 5.41) is 2.80. The van der Waals surface area contributed by atoms with Gasteiger partial charge < -0.3 is 11.1 Å². The fourth-order valence-electron chi connectivity index (χ4n) is 1.58. The number of aromatic nitrogens is 2.